The minimum absolute atomic E-state index is 0.0414. The van der Waals surface area contributed by atoms with Crippen molar-refractivity contribution in [3.05, 3.63) is 120 Å². The molecule has 0 radical (unpaired) electrons. The second kappa shape index (κ2) is 11.2. The topological polar surface area (TPSA) is 61.9 Å². The number of anilines is 4. The molecule has 4 aromatic rings. The average Bonchev–Trinajstić information content (AvgIpc) is 3.29. The normalized spacial score (nSPS) is 14.8. The number of nitrogens with zero attached hydrogens (tertiary/aromatic N) is 2. The molecule has 2 amide bonds. The fourth-order valence-corrected chi connectivity index (χ4v) is 4.73. The van der Waals surface area contributed by atoms with E-state index in [2.05, 4.69) is 34.5 Å². The molecule has 5 rings (SSSR count). The number of para-hydroxylation sites is 1. The maximum absolute atomic E-state index is 12.6. The number of hydrogen-bond acceptors (Lipinski definition) is 4. The van der Waals surface area contributed by atoms with Gasteiger partial charge in [0.2, 0.25) is 5.91 Å². The van der Waals surface area contributed by atoms with Gasteiger partial charge in [-0.25, -0.2) is 4.79 Å². The van der Waals surface area contributed by atoms with E-state index in [0.717, 1.165) is 28.2 Å². The highest BCUT2D eigenvalue weighted by Gasteiger charge is 2.34. The molecule has 1 aliphatic rings. The van der Waals surface area contributed by atoms with Gasteiger partial charge < -0.3 is 14.5 Å². The quantitative estimate of drug-likeness (QED) is 0.294. The van der Waals surface area contributed by atoms with Crippen LogP contribution in [0.4, 0.5) is 27.5 Å². The third-order valence-corrected chi connectivity index (χ3v) is 6.70. The van der Waals surface area contributed by atoms with Gasteiger partial charge in [0, 0.05) is 29.3 Å². The average molecular weight is 506 g/mol. The van der Waals surface area contributed by atoms with Crippen LogP contribution in [0.3, 0.4) is 0 Å². The lowest BCUT2D eigenvalue weighted by molar-refractivity contribution is -0.117. The molecule has 38 heavy (non-hydrogen) atoms. The smallest absolute Gasteiger partial charge is 0.411 e. The number of carbonyl (C=O) groups is 2. The molecular weight excluding hydrogens is 474 g/mol. The van der Waals surface area contributed by atoms with Crippen LogP contribution in [-0.2, 0) is 16.1 Å². The van der Waals surface area contributed by atoms with Crippen LogP contribution in [0.1, 0.15) is 23.1 Å². The summed E-state index contributed by atoms with van der Waals surface area (Å²) in [5, 5.41) is 2.80. The van der Waals surface area contributed by atoms with E-state index in [1.54, 1.807) is 4.90 Å². The molecule has 0 saturated carbocycles. The van der Waals surface area contributed by atoms with Crippen molar-refractivity contribution in [3.63, 3.8) is 0 Å². The Hall–Kier alpha value is -4.58. The molecule has 0 bridgehead atoms. The highest BCUT2D eigenvalue weighted by Crippen LogP contribution is 2.30. The summed E-state index contributed by atoms with van der Waals surface area (Å²) >= 11 is 0. The van der Waals surface area contributed by atoms with Gasteiger partial charge >= 0.3 is 6.09 Å². The van der Waals surface area contributed by atoms with Gasteiger partial charge in [0.25, 0.3) is 0 Å². The molecule has 1 fully saturated rings. The monoisotopic (exact) mass is 505 g/mol. The first-order valence-electron chi connectivity index (χ1n) is 12.8. The lowest BCUT2D eigenvalue weighted by Gasteiger charge is -2.25. The Labute approximate surface area is 223 Å². The fourth-order valence-electron chi connectivity index (χ4n) is 4.73. The molecule has 1 N–H and O–H groups in total. The summed E-state index contributed by atoms with van der Waals surface area (Å²) in [5.74, 6) is -0.0414. The Morgan fingerprint density at radius 1 is 0.895 bits per heavy atom. The molecule has 6 nitrogen and oxygen atoms in total. The van der Waals surface area contributed by atoms with Crippen molar-refractivity contribution in [1.29, 1.82) is 0 Å². The van der Waals surface area contributed by atoms with E-state index < -0.39 is 12.2 Å². The predicted octanol–water partition coefficient (Wildman–Crippen LogP) is 7.00. The maximum Gasteiger partial charge on any atom is 0.411 e. The summed E-state index contributed by atoms with van der Waals surface area (Å²) < 4.78 is 5.61. The molecule has 4 aromatic carbocycles. The Bertz CT molecular complexity index is 1410. The van der Waals surface area contributed by atoms with Crippen molar-refractivity contribution < 1.29 is 14.3 Å². The Morgan fingerprint density at radius 2 is 1.55 bits per heavy atom. The molecule has 1 aliphatic heterocycles. The number of rotatable bonds is 7. The van der Waals surface area contributed by atoms with Crippen molar-refractivity contribution in [2.75, 3.05) is 21.7 Å². The van der Waals surface area contributed by atoms with E-state index >= 15 is 0 Å². The van der Waals surface area contributed by atoms with Crippen molar-refractivity contribution in [1.82, 2.24) is 0 Å². The number of aryl methyl sites for hydroxylation is 2. The Balaban J connectivity index is 1.23. The van der Waals surface area contributed by atoms with Crippen molar-refractivity contribution in [2.45, 2.75) is 32.9 Å². The van der Waals surface area contributed by atoms with Crippen LogP contribution in [0.2, 0.25) is 0 Å². The SMILES string of the molecule is Cc1ccc(C)c(N2CC(OC(=O)Nc3ccc(N(Cc4ccccc4)c4ccccc4)cc3)CC2=O)c1. The van der Waals surface area contributed by atoms with Crippen molar-refractivity contribution in [2.24, 2.45) is 0 Å². The van der Waals surface area contributed by atoms with Crippen LogP contribution in [0.25, 0.3) is 0 Å². The van der Waals surface area contributed by atoms with E-state index in [1.165, 1.54) is 5.56 Å². The summed E-state index contributed by atoms with van der Waals surface area (Å²) in [6.07, 6.45) is -0.894. The summed E-state index contributed by atoms with van der Waals surface area (Å²) in [7, 11) is 0. The second-order valence-electron chi connectivity index (χ2n) is 9.60. The first-order chi connectivity index (χ1) is 18.5. The third kappa shape index (κ3) is 5.86. The lowest BCUT2D eigenvalue weighted by Crippen LogP contribution is -2.28. The van der Waals surface area contributed by atoms with Gasteiger partial charge in [0.05, 0.1) is 13.0 Å². The zero-order valence-electron chi connectivity index (χ0n) is 21.6. The van der Waals surface area contributed by atoms with Gasteiger partial charge in [-0.3, -0.25) is 10.1 Å². The van der Waals surface area contributed by atoms with E-state index in [9.17, 15) is 9.59 Å². The number of nitrogens with one attached hydrogen (secondary N) is 1. The van der Waals surface area contributed by atoms with Crippen molar-refractivity contribution in [3.8, 4) is 0 Å². The summed E-state index contributed by atoms with van der Waals surface area (Å²) in [6.45, 7) is 5.04. The number of amides is 2. The van der Waals surface area contributed by atoms with Crippen molar-refractivity contribution >= 4 is 34.7 Å². The van der Waals surface area contributed by atoms with Crippen LogP contribution in [0.15, 0.2) is 103 Å². The van der Waals surface area contributed by atoms with E-state index in [4.69, 9.17) is 4.74 Å². The first-order valence-corrected chi connectivity index (χ1v) is 12.8. The standard InChI is InChI=1S/C32H31N3O3/c1-23-13-14-24(2)30(19-23)35-22-29(20-31(35)36)38-32(37)33-26-15-17-28(18-16-26)34(27-11-7-4-8-12-27)21-25-9-5-3-6-10-25/h3-19,29H,20-22H2,1-2H3,(H,33,37). The van der Waals surface area contributed by atoms with E-state index in [-0.39, 0.29) is 12.3 Å². The molecule has 0 spiro atoms. The number of carbonyl (C=O) groups excluding carboxylic acids is 2. The molecular formula is C32H31N3O3. The summed E-state index contributed by atoms with van der Waals surface area (Å²) in [6, 6.07) is 34.2. The molecule has 0 aliphatic carbocycles. The first kappa shape index (κ1) is 25.1. The summed E-state index contributed by atoms with van der Waals surface area (Å²) in [5.41, 5.74) is 6.88. The minimum atomic E-state index is -0.567. The minimum Gasteiger partial charge on any atom is -0.444 e. The Morgan fingerprint density at radius 3 is 2.26 bits per heavy atom. The van der Waals surface area contributed by atoms with Crippen LogP contribution >= 0.6 is 0 Å². The summed E-state index contributed by atoms with van der Waals surface area (Å²) in [4.78, 5) is 29.2. The molecule has 1 unspecified atom stereocenters. The maximum atomic E-state index is 12.6. The number of hydrogen-bond donors (Lipinski definition) is 1. The highest BCUT2D eigenvalue weighted by atomic mass is 16.6. The zero-order chi connectivity index (χ0) is 26.5. The van der Waals surface area contributed by atoms with E-state index in [0.29, 0.717) is 18.8 Å². The van der Waals surface area contributed by atoms with Crippen LogP contribution in [-0.4, -0.2) is 24.6 Å². The largest absolute Gasteiger partial charge is 0.444 e. The van der Waals surface area contributed by atoms with Gasteiger partial charge in [0.15, 0.2) is 0 Å². The predicted molar refractivity (Wildman–Crippen MR) is 152 cm³/mol. The second-order valence-corrected chi connectivity index (χ2v) is 9.60. The highest BCUT2D eigenvalue weighted by molar-refractivity contribution is 5.97. The van der Waals surface area contributed by atoms with Gasteiger partial charge in [-0.15, -0.1) is 0 Å². The fraction of sp³-hybridized carbons (Fsp3) is 0.188. The zero-order valence-corrected chi connectivity index (χ0v) is 21.6. The third-order valence-electron chi connectivity index (χ3n) is 6.70. The molecule has 6 heteroatoms. The molecule has 1 heterocycles. The van der Waals surface area contributed by atoms with Crippen LogP contribution in [0, 0.1) is 13.8 Å². The molecule has 0 aromatic heterocycles. The van der Waals surface area contributed by atoms with E-state index in [1.807, 2.05) is 92.7 Å². The number of ether oxygens (including phenoxy) is 1. The van der Waals surface area contributed by atoms with Gasteiger partial charge in [-0.1, -0.05) is 60.7 Å². The van der Waals surface area contributed by atoms with Crippen LogP contribution < -0.4 is 15.1 Å². The molecule has 1 saturated heterocycles. The van der Waals surface area contributed by atoms with Crippen LogP contribution in [0.5, 0.6) is 0 Å². The van der Waals surface area contributed by atoms with Gasteiger partial charge in [-0.2, -0.15) is 0 Å². The molecule has 192 valence electrons. The number of benzene rings is 4. The lowest BCUT2D eigenvalue weighted by atomic mass is 10.1. The Kier molecular flexibility index (Phi) is 7.40. The molecule has 1 atom stereocenters. The van der Waals surface area contributed by atoms with Gasteiger partial charge in [-0.05, 0) is 73.0 Å². The van der Waals surface area contributed by atoms with Gasteiger partial charge in [0.1, 0.15) is 6.10 Å².